The summed E-state index contributed by atoms with van der Waals surface area (Å²) < 4.78 is 3.59. The number of rotatable bonds is 4. The average Bonchev–Trinajstić information content (AvgIpc) is 2.97. The van der Waals surface area contributed by atoms with Gasteiger partial charge in [0.15, 0.2) is 0 Å². The lowest BCUT2D eigenvalue weighted by molar-refractivity contribution is -0.115. The molecule has 118 valence electrons. The van der Waals surface area contributed by atoms with Crippen LogP contribution in [0.25, 0.3) is 0 Å². The first-order valence-corrected chi connectivity index (χ1v) is 7.45. The van der Waals surface area contributed by atoms with Crippen LogP contribution in [-0.2, 0) is 24.8 Å². The second-order valence-electron chi connectivity index (χ2n) is 5.72. The first kappa shape index (κ1) is 14.7. The van der Waals surface area contributed by atoms with Gasteiger partial charge < -0.3 is 10.6 Å². The van der Waals surface area contributed by atoms with E-state index in [1.54, 1.807) is 4.68 Å². The fourth-order valence-electron chi connectivity index (χ4n) is 2.75. The summed E-state index contributed by atoms with van der Waals surface area (Å²) in [7, 11) is 1.81. The van der Waals surface area contributed by atoms with Crippen LogP contribution in [0.2, 0.25) is 0 Å². The minimum Gasteiger partial charge on any atom is -0.310 e. The first-order valence-electron chi connectivity index (χ1n) is 7.45. The maximum atomic E-state index is 12.0. The zero-order chi connectivity index (χ0) is 15.7. The minimum absolute atomic E-state index is 0.0661. The van der Waals surface area contributed by atoms with Gasteiger partial charge in [-0.1, -0.05) is 0 Å². The van der Waals surface area contributed by atoms with Crippen LogP contribution in [0, 0.1) is 13.8 Å². The van der Waals surface area contributed by atoms with Crippen molar-refractivity contribution >= 4 is 11.7 Å². The van der Waals surface area contributed by atoms with Crippen LogP contribution in [-0.4, -0.2) is 43.0 Å². The van der Waals surface area contributed by atoms with Gasteiger partial charge in [0, 0.05) is 25.6 Å². The number of nitrogens with zero attached hydrogens (tertiary/aromatic N) is 5. The Hall–Kier alpha value is -2.22. The molecule has 22 heavy (non-hydrogen) atoms. The number of anilines is 1. The van der Waals surface area contributed by atoms with Gasteiger partial charge in [0.1, 0.15) is 17.5 Å². The van der Waals surface area contributed by atoms with Gasteiger partial charge in [-0.25, -0.2) is 9.67 Å². The molecule has 0 fully saturated rings. The van der Waals surface area contributed by atoms with E-state index in [1.807, 2.05) is 31.6 Å². The van der Waals surface area contributed by atoms with Crippen LogP contribution < -0.4 is 10.6 Å². The smallest absolute Gasteiger partial charge is 0.239 e. The Bertz CT molecular complexity index is 687. The summed E-state index contributed by atoms with van der Waals surface area (Å²) in [4.78, 5) is 16.4. The summed E-state index contributed by atoms with van der Waals surface area (Å²) in [5.74, 6) is 2.48. The van der Waals surface area contributed by atoms with E-state index in [0.717, 1.165) is 36.7 Å². The van der Waals surface area contributed by atoms with E-state index in [-0.39, 0.29) is 18.5 Å². The number of nitrogens with one attached hydrogen (secondary N) is 2. The molecule has 1 unspecified atom stereocenters. The SMILES string of the molecule is Cc1cc(NC(=O)CNC2CCc3nc(C)nn3C2)n(C)n1. The Morgan fingerprint density at radius 2 is 2.23 bits per heavy atom. The van der Waals surface area contributed by atoms with Gasteiger partial charge in [-0.3, -0.25) is 9.48 Å². The van der Waals surface area contributed by atoms with Crippen molar-refractivity contribution in [3.63, 3.8) is 0 Å². The van der Waals surface area contributed by atoms with Crippen LogP contribution in [0.15, 0.2) is 6.07 Å². The molecule has 8 heteroatoms. The van der Waals surface area contributed by atoms with E-state index in [1.165, 1.54) is 0 Å². The number of fused-ring (bicyclic) bond motifs is 1. The highest BCUT2D eigenvalue weighted by molar-refractivity contribution is 5.91. The molecule has 0 aliphatic carbocycles. The van der Waals surface area contributed by atoms with Crippen molar-refractivity contribution in [2.24, 2.45) is 7.05 Å². The largest absolute Gasteiger partial charge is 0.310 e. The average molecular weight is 303 g/mol. The van der Waals surface area contributed by atoms with Crippen molar-refractivity contribution < 1.29 is 4.79 Å². The van der Waals surface area contributed by atoms with E-state index in [0.29, 0.717) is 5.82 Å². The molecule has 1 aliphatic rings. The Morgan fingerprint density at radius 1 is 1.41 bits per heavy atom. The van der Waals surface area contributed by atoms with Crippen molar-refractivity contribution in [2.45, 2.75) is 39.3 Å². The van der Waals surface area contributed by atoms with Gasteiger partial charge in [0.2, 0.25) is 5.91 Å². The third kappa shape index (κ3) is 3.16. The van der Waals surface area contributed by atoms with E-state index in [4.69, 9.17) is 0 Å². The van der Waals surface area contributed by atoms with Gasteiger partial charge in [0.05, 0.1) is 18.8 Å². The summed E-state index contributed by atoms with van der Waals surface area (Å²) >= 11 is 0. The molecular weight excluding hydrogens is 282 g/mol. The summed E-state index contributed by atoms with van der Waals surface area (Å²) in [6.07, 6.45) is 1.86. The monoisotopic (exact) mass is 303 g/mol. The maximum absolute atomic E-state index is 12.0. The zero-order valence-electron chi connectivity index (χ0n) is 13.1. The second-order valence-corrected chi connectivity index (χ2v) is 5.72. The number of aryl methyl sites for hydroxylation is 4. The van der Waals surface area contributed by atoms with Crippen LogP contribution in [0.3, 0.4) is 0 Å². The molecule has 1 amide bonds. The highest BCUT2D eigenvalue weighted by atomic mass is 16.2. The highest BCUT2D eigenvalue weighted by Crippen LogP contribution is 2.13. The Morgan fingerprint density at radius 3 is 2.95 bits per heavy atom. The normalized spacial score (nSPS) is 17.3. The predicted octanol–water partition coefficient (Wildman–Crippen LogP) is 0.172. The molecule has 2 aromatic rings. The summed E-state index contributed by atoms with van der Waals surface area (Å²) in [5.41, 5.74) is 0.882. The van der Waals surface area contributed by atoms with Gasteiger partial charge in [-0.05, 0) is 20.3 Å². The number of hydrogen-bond donors (Lipinski definition) is 2. The number of amides is 1. The Balaban J connectivity index is 1.51. The quantitative estimate of drug-likeness (QED) is 0.840. The fourth-order valence-corrected chi connectivity index (χ4v) is 2.75. The summed E-state index contributed by atoms with van der Waals surface area (Å²) in [5, 5.41) is 14.7. The van der Waals surface area contributed by atoms with Crippen LogP contribution in [0.5, 0.6) is 0 Å². The molecule has 2 N–H and O–H groups in total. The van der Waals surface area contributed by atoms with Crippen molar-refractivity contribution in [3.8, 4) is 0 Å². The highest BCUT2D eigenvalue weighted by Gasteiger charge is 2.21. The molecule has 0 saturated carbocycles. The molecule has 0 radical (unpaired) electrons. The molecular formula is C14H21N7O. The van der Waals surface area contributed by atoms with E-state index < -0.39 is 0 Å². The van der Waals surface area contributed by atoms with Crippen LogP contribution >= 0.6 is 0 Å². The van der Waals surface area contributed by atoms with E-state index >= 15 is 0 Å². The molecule has 1 aliphatic heterocycles. The molecule has 1 atom stereocenters. The van der Waals surface area contributed by atoms with Crippen molar-refractivity contribution in [1.82, 2.24) is 29.9 Å². The van der Waals surface area contributed by atoms with Crippen molar-refractivity contribution in [1.29, 1.82) is 0 Å². The number of hydrogen-bond acceptors (Lipinski definition) is 5. The van der Waals surface area contributed by atoms with Crippen LogP contribution in [0.1, 0.15) is 23.8 Å². The van der Waals surface area contributed by atoms with E-state index in [9.17, 15) is 4.79 Å². The zero-order valence-corrected chi connectivity index (χ0v) is 13.1. The lowest BCUT2D eigenvalue weighted by atomic mass is 10.1. The van der Waals surface area contributed by atoms with E-state index in [2.05, 4.69) is 25.8 Å². The van der Waals surface area contributed by atoms with Gasteiger partial charge in [0.25, 0.3) is 0 Å². The first-order chi connectivity index (χ1) is 10.5. The fraction of sp³-hybridized carbons (Fsp3) is 0.571. The van der Waals surface area contributed by atoms with Gasteiger partial charge in [-0.2, -0.15) is 10.2 Å². The lowest BCUT2D eigenvalue weighted by Gasteiger charge is -2.23. The molecule has 0 saturated heterocycles. The third-order valence-corrected chi connectivity index (χ3v) is 3.78. The molecule has 0 spiro atoms. The molecule has 8 nitrogen and oxygen atoms in total. The number of aromatic nitrogens is 5. The van der Waals surface area contributed by atoms with Gasteiger partial charge in [-0.15, -0.1) is 0 Å². The second kappa shape index (κ2) is 5.88. The summed E-state index contributed by atoms with van der Waals surface area (Å²) in [6.45, 7) is 4.83. The van der Waals surface area contributed by atoms with Crippen LogP contribution in [0.4, 0.5) is 5.82 Å². The maximum Gasteiger partial charge on any atom is 0.239 e. The minimum atomic E-state index is -0.0661. The lowest BCUT2D eigenvalue weighted by Crippen LogP contribution is -2.41. The summed E-state index contributed by atoms with van der Waals surface area (Å²) in [6, 6.07) is 2.09. The van der Waals surface area contributed by atoms with Gasteiger partial charge >= 0.3 is 0 Å². The Kier molecular flexibility index (Phi) is 3.93. The topological polar surface area (TPSA) is 89.7 Å². The number of carbonyl (C=O) groups is 1. The predicted molar refractivity (Wildman–Crippen MR) is 81.4 cm³/mol. The standard InChI is InChI=1S/C14H21N7O/c1-9-6-13(20(3)18-9)17-14(22)7-15-11-4-5-12-16-10(2)19-21(12)8-11/h6,11,15H,4-5,7-8H2,1-3H3,(H,17,22). The molecule has 3 rings (SSSR count). The molecule has 0 aromatic carbocycles. The van der Waals surface area contributed by atoms with Crippen molar-refractivity contribution in [2.75, 3.05) is 11.9 Å². The molecule has 3 heterocycles. The third-order valence-electron chi connectivity index (χ3n) is 3.78. The Labute approximate surface area is 128 Å². The number of carbonyl (C=O) groups excluding carboxylic acids is 1. The van der Waals surface area contributed by atoms with Crippen molar-refractivity contribution in [3.05, 3.63) is 23.4 Å². The molecule has 0 bridgehead atoms. The molecule has 2 aromatic heterocycles.